The predicted octanol–water partition coefficient (Wildman–Crippen LogP) is 9.56. The van der Waals surface area contributed by atoms with Gasteiger partial charge in [0.2, 0.25) is 5.91 Å². The fourth-order valence-electron chi connectivity index (χ4n) is 8.10. The Balaban J connectivity index is 2.37. The third-order valence-corrected chi connectivity index (χ3v) is 12.4. The van der Waals surface area contributed by atoms with Crippen molar-refractivity contribution in [3.8, 4) is 0 Å². The number of aliphatic hydroxyl groups excluding tert-OH is 7. The van der Waals surface area contributed by atoms with Gasteiger partial charge in [0.05, 0.1) is 25.4 Å². The number of nitrogens with one attached hydrogen (secondary N) is 1. The highest BCUT2D eigenvalue weighted by Crippen LogP contribution is 2.23. The van der Waals surface area contributed by atoms with E-state index in [2.05, 4.69) is 55.6 Å². The Kier molecular flexibility index (Phi) is 39.3. The van der Waals surface area contributed by atoms with E-state index in [0.717, 1.165) is 44.9 Å². The third kappa shape index (κ3) is 31.0. The number of ether oxygens (including phenoxy) is 2. The zero-order valence-corrected chi connectivity index (χ0v) is 40.1. The Morgan fingerprint density at radius 2 is 0.952 bits per heavy atom. The van der Waals surface area contributed by atoms with Crippen molar-refractivity contribution in [3.05, 3.63) is 36.5 Å². The lowest BCUT2D eigenvalue weighted by molar-refractivity contribution is -0.303. The van der Waals surface area contributed by atoms with Gasteiger partial charge in [-0.3, -0.25) is 4.79 Å². The van der Waals surface area contributed by atoms with E-state index in [9.17, 15) is 40.5 Å². The molecule has 9 unspecified atom stereocenters. The Bertz CT molecular complexity index is 1120. The van der Waals surface area contributed by atoms with E-state index in [1.807, 2.05) is 0 Å². The molecule has 11 nitrogen and oxygen atoms in total. The van der Waals surface area contributed by atoms with Crippen LogP contribution in [0.4, 0.5) is 0 Å². The lowest BCUT2D eigenvalue weighted by atomic mass is 9.98. The van der Waals surface area contributed by atoms with Gasteiger partial charge in [-0.05, 0) is 77.0 Å². The molecule has 1 fully saturated rings. The lowest BCUT2D eigenvalue weighted by Crippen LogP contribution is -2.60. The minimum atomic E-state index is -1.67. The predicted molar refractivity (Wildman–Crippen MR) is 256 cm³/mol. The van der Waals surface area contributed by atoms with Crippen LogP contribution in [-0.4, -0.2) is 110 Å². The average molecular weight is 896 g/mol. The molecule has 0 aromatic carbocycles. The van der Waals surface area contributed by atoms with E-state index in [-0.39, 0.29) is 12.8 Å². The molecule has 8 N–H and O–H groups in total. The molecule has 1 aliphatic rings. The van der Waals surface area contributed by atoms with Gasteiger partial charge in [-0.15, -0.1) is 0 Å². The van der Waals surface area contributed by atoms with E-state index in [1.54, 1.807) is 0 Å². The monoisotopic (exact) mass is 896 g/mol. The fourth-order valence-corrected chi connectivity index (χ4v) is 8.10. The molecule has 9 atom stereocenters. The summed E-state index contributed by atoms with van der Waals surface area (Å²) in [5.74, 6) is -0.714. The van der Waals surface area contributed by atoms with E-state index in [0.29, 0.717) is 19.3 Å². The third-order valence-electron chi connectivity index (χ3n) is 12.4. The smallest absolute Gasteiger partial charge is 0.249 e. The molecular formula is C52H97NO10. The van der Waals surface area contributed by atoms with Gasteiger partial charge in [-0.1, -0.05) is 179 Å². The highest BCUT2D eigenvalue weighted by molar-refractivity contribution is 5.80. The Morgan fingerprint density at radius 1 is 0.540 bits per heavy atom. The highest BCUT2D eigenvalue weighted by atomic mass is 16.7. The first-order chi connectivity index (χ1) is 30.7. The van der Waals surface area contributed by atoms with Crippen LogP contribution in [-0.2, 0) is 14.3 Å². The maximum atomic E-state index is 13.1. The van der Waals surface area contributed by atoms with Crippen LogP contribution in [0, 0.1) is 0 Å². The van der Waals surface area contributed by atoms with Crippen molar-refractivity contribution < 1.29 is 50.0 Å². The van der Waals surface area contributed by atoms with Gasteiger partial charge in [0.15, 0.2) is 6.29 Å². The van der Waals surface area contributed by atoms with Gasteiger partial charge < -0.3 is 50.5 Å². The summed E-state index contributed by atoms with van der Waals surface area (Å²) in [6.45, 7) is 3.40. The maximum absolute atomic E-state index is 13.1. The number of carbonyl (C=O) groups excluding carboxylic acids is 1. The fraction of sp³-hybridized carbons (Fsp3) is 0.865. The molecule has 63 heavy (non-hydrogen) atoms. The van der Waals surface area contributed by atoms with Crippen molar-refractivity contribution in [1.29, 1.82) is 0 Å². The zero-order chi connectivity index (χ0) is 46.2. The number of carbonyl (C=O) groups is 1. The van der Waals surface area contributed by atoms with Gasteiger partial charge >= 0.3 is 0 Å². The maximum Gasteiger partial charge on any atom is 0.249 e. The largest absolute Gasteiger partial charge is 0.394 e. The summed E-state index contributed by atoms with van der Waals surface area (Å²) in [4.78, 5) is 13.1. The van der Waals surface area contributed by atoms with Crippen LogP contribution in [0.15, 0.2) is 36.5 Å². The lowest BCUT2D eigenvalue weighted by Gasteiger charge is -2.40. The first kappa shape index (κ1) is 59.3. The summed E-state index contributed by atoms with van der Waals surface area (Å²) in [6, 6.07) is -1.19. The molecule has 11 heteroatoms. The van der Waals surface area contributed by atoms with E-state index < -0.39 is 74.2 Å². The molecule has 0 spiro atoms. The van der Waals surface area contributed by atoms with Gasteiger partial charge in [0.25, 0.3) is 0 Å². The van der Waals surface area contributed by atoms with Crippen LogP contribution in [0.25, 0.3) is 0 Å². The van der Waals surface area contributed by atoms with Crippen molar-refractivity contribution in [1.82, 2.24) is 5.32 Å². The molecule has 0 saturated carbocycles. The second-order valence-electron chi connectivity index (χ2n) is 18.2. The second-order valence-corrected chi connectivity index (χ2v) is 18.2. The molecule has 370 valence electrons. The topological polar surface area (TPSA) is 189 Å². The van der Waals surface area contributed by atoms with E-state index in [1.165, 1.54) is 128 Å². The summed E-state index contributed by atoms with van der Waals surface area (Å²) in [5.41, 5.74) is 0. The van der Waals surface area contributed by atoms with Crippen molar-refractivity contribution >= 4 is 5.91 Å². The first-order valence-electron chi connectivity index (χ1n) is 25.9. The summed E-state index contributed by atoms with van der Waals surface area (Å²) < 4.78 is 11.1. The van der Waals surface area contributed by atoms with Crippen LogP contribution in [0.3, 0.4) is 0 Å². The van der Waals surface area contributed by atoms with Gasteiger partial charge in [-0.25, -0.2) is 0 Å². The Morgan fingerprint density at radius 3 is 1.43 bits per heavy atom. The molecule has 0 radical (unpaired) electrons. The number of aliphatic hydroxyl groups is 7. The van der Waals surface area contributed by atoms with Crippen LogP contribution in [0.1, 0.15) is 219 Å². The molecule has 1 saturated heterocycles. The second kappa shape index (κ2) is 41.7. The summed E-state index contributed by atoms with van der Waals surface area (Å²) in [6.07, 6.45) is 37.7. The number of unbranched alkanes of at least 4 members (excludes halogenated alkanes) is 25. The summed E-state index contributed by atoms with van der Waals surface area (Å²) in [7, 11) is 0. The van der Waals surface area contributed by atoms with E-state index in [4.69, 9.17) is 9.47 Å². The Hall–Kier alpha value is -1.67. The average Bonchev–Trinajstić information content (AvgIpc) is 3.28. The summed E-state index contributed by atoms with van der Waals surface area (Å²) >= 11 is 0. The summed E-state index contributed by atoms with van der Waals surface area (Å²) in [5, 5.41) is 75.7. The Labute approximate surface area is 384 Å². The van der Waals surface area contributed by atoms with Crippen LogP contribution in [0.2, 0.25) is 0 Å². The highest BCUT2D eigenvalue weighted by Gasteiger charge is 2.44. The number of allylic oxidation sites excluding steroid dienone is 6. The van der Waals surface area contributed by atoms with Crippen molar-refractivity contribution in [3.63, 3.8) is 0 Å². The molecule has 1 amide bonds. The molecule has 0 aromatic heterocycles. The van der Waals surface area contributed by atoms with Gasteiger partial charge in [0.1, 0.15) is 36.6 Å². The minimum absolute atomic E-state index is 0.244. The van der Waals surface area contributed by atoms with Crippen molar-refractivity contribution in [2.24, 2.45) is 0 Å². The number of hydrogen-bond donors (Lipinski definition) is 8. The quantitative estimate of drug-likeness (QED) is 0.0216. The van der Waals surface area contributed by atoms with Crippen LogP contribution >= 0.6 is 0 Å². The molecule has 1 heterocycles. The van der Waals surface area contributed by atoms with Crippen LogP contribution < -0.4 is 5.32 Å². The zero-order valence-electron chi connectivity index (χ0n) is 40.1. The van der Waals surface area contributed by atoms with Crippen molar-refractivity contribution in [2.75, 3.05) is 13.2 Å². The normalized spacial score (nSPS) is 21.4. The number of rotatable bonds is 43. The first-order valence-corrected chi connectivity index (χ1v) is 25.9. The van der Waals surface area contributed by atoms with Gasteiger partial charge in [0, 0.05) is 0 Å². The number of amides is 1. The SMILES string of the molecule is CCCCCC/C=C/CC/C=C/CCCC(O)C(O)C(COC1OC(CO)C(O)C(O)C1O)NC(=O)C(O)CCCCCCCCC/C=C\CCCCCCCCCCCCCC. The van der Waals surface area contributed by atoms with Crippen LogP contribution in [0.5, 0.6) is 0 Å². The molecule has 1 aliphatic heterocycles. The molecule has 0 aliphatic carbocycles. The molecule has 1 rings (SSSR count). The molecule has 0 bridgehead atoms. The molecule has 0 aromatic rings. The minimum Gasteiger partial charge on any atom is -0.394 e. The molecular weight excluding hydrogens is 799 g/mol. The standard InChI is InChI=1S/C52H97NO10/c1-3-5-7-9-11-13-15-17-18-19-20-21-22-23-24-25-26-28-30-32-34-36-38-40-45(56)51(61)53-43(42-62-52-50(60)49(59)48(58)46(41-54)63-52)47(57)44(55)39-37-35-33-31-29-27-16-14-12-10-8-6-4-2/h14,16,23-24,31,33,43-50,52,54-60H,3-13,15,17-22,25-30,32,34-42H2,1-2H3,(H,53,61)/b16-14+,24-23-,33-31+. The van der Waals surface area contributed by atoms with Gasteiger partial charge in [-0.2, -0.15) is 0 Å². The van der Waals surface area contributed by atoms with Crippen molar-refractivity contribution in [2.45, 2.75) is 274 Å². The van der Waals surface area contributed by atoms with E-state index >= 15 is 0 Å². The number of hydrogen-bond acceptors (Lipinski definition) is 10.